The van der Waals surface area contributed by atoms with E-state index in [1.54, 1.807) is 0 Å². The van der Waals surface area contributed by atoms with Gasteiger partial charge in [-0.05, 0) is 6.92 Å². The molecule has 10 heterocycles. The van der Waals surface area contributed by atoms with Gasteiger partial charge in [-0.25, -0.2) is 0 Å². The van der Waals surface area contributed by atoms with Crippen molar-refractivity contribution < 1.29 is 257 Å². The minimum Gasteiger partial charge on any atom is -0.410 e. The first-order valence-electron chi connectivity index (χ1n) is 41.4. The Bertz CT molecular complexity index is 3520. The van der Waals surface area contributed by atoms with E-state index in [9.17, 15) is 162 Å². The zero-order valence-corrected chi connectivity index (χ0v) is 70.0. The fourth-order valence-corrected chi connectivity index (χ4v) is 16.9. The molecular weight excluding hydrogens is 1760 g/mol. The maximum atomic E-state index is 13.2. The van der Waals surface area contributed by atoms with Crippen LogP contribution in [0.25, 0.3) is 0 Å². The van der Waals surface area contributed by atoms with Crippen LogP contribution in [0.15, 0.2) is 0 Å². The van der Waals surface area contributed by atoms with Crippen LogP contribution in [-0.2, 0) is 119 Å². The lowest BCUT2D eigenvalue weighted by Crippen LogP contribution is -2.71. The summed E-state index contributed by atoms with van der Waals surface area (Å²) in [6.07, 6.45) is -93.9. The molecule has 10 rings (SSSR count). The summed E-state index contributed by atoms with van der Waals surface area (Å²) in [7, 11) is 0. The third-order valence-corrected chi connectivity index (χ3v) is 24.0. The van der Waals surface area contributed by atoms with Crippen molar-refractivity contribution in [3.05, 3.63) is 0 Å². The predicted molar refractivity (Wildman–Crippen MR) is 399 cm³/mol. The molecule has 10 saturated heterocycles. The van der Waals surface area contributed by atoms with Gasteiger partial charge in [0.25, 0.3) is 6.47 Å². The van der Waals surface area contributed by atoms with Crippen LogP contribution in [0.4, 0.5) is 0 Å². The summed E-state index contributed by atoms with van der Waals surface area (Å²) in [4.78, 5) is 63.5. The molecule has 0 bridgehead atoms. The van der Waals surface area contributed by atoms with Gasteiger partial charge >= 0.3 is 5.97 Å². The van der Waals surface area contributed by atoms with Crippen LogP contribution in [0.2, 0.25) is 0 Å². The van der Waals surface area contributed by atoms with E-state index in [0.29, 0.717) is 0 Å². The van der Waals surface area contributed by atoms with Crippen LogP contribution in [0, 0.1) is 5.92 Å². The minimum absolute atomic E-state index is 0.192. The second-order valence-corrected chi connectivity index (χ2v) is 33.0. The fourth-order valence-electron chi connectivity index (χ4n) is 16.9. The Morgan fingerprint density at radius 3 is 1.07 bits per heavy atom. The summed E-state index contributed by atoms with van der Waals surface area (Å²) in [5, 5.41) is 312. The highest BCUT2D eigenvalue weighted by Gasteiger charge is 2.62. The summed E-state index contributed by atoms with van der Waals surface area (Å²) >= 11 is 0. The molecule has 129 heavy (non-hydrogen) atoms. The first-order chi connectivity index (χ1) is 61.0. The molecule has 0 aromatic rings. The van der Waals surface area contributed by atoms with Gasteiger partial charge in [-0.3, -0.25) is 24.0 Å². The van der Waals surface area contributed by atoms with Gasteiger partial charge in [0, 0.05) is 33.6 Å². The van der Waals surface area contributed by atoms with Gasteiger partial charge in [0.2, 0.25) is 23.6 Å². The number of aliphatic hydroxyl groups is 27. The van der Waals surface area contributed by atoms with Crippen molar-refractivity contribution in [2.75, 3.05) is 66.1 Å². The number of carbonyl (C=O) groups is 5. The summed E-state index contributed by atoms with van der Waals surface area (Å²) in [5.41, 5.74) is 0. The summed E-state index contributed by atoms with van der Waals surface area (Å²) in [6.45, 7) is -4.52. The number of hydrogen-bond acceptors (Lipinski definition) is 52. The van der Waals surface area contributed by atoms with Gasteiger partial charge in [0.15, 0.2) is 50.3 Å². The number of ether oxygens (including phenoxy) is 20. The number of rotatable bonds is 36. The molecule has 0 saturated carbocycles. The smallest absolute Gasteiger partial charge is 0.332 e. The quantitative estimate of drug-likeness (QED) is 0.0205. The van der Waals surface area contributed by atoms with E-state index in [0.717, 1.165) is 27.7 Å². The maximum absolute atomic E-state index is 13.2. The fraction of sp³-hybridized carbons (Fsp3) is 0.932. The lowest BCUT2D eigenvalue weighted by atomic mass is 9.87. The predicted octanol–water partition coefficient (Wildman–Crippen LogP) is -20.6. The Balaban J connectivity index is 0.954. The molecule has 0 aromatic heterocycles. The van der Waals surface area contributed by atoms with Crippen molar-refractivity contribution in [2.45, 2.75) is 354 Å². The third-order valence-electron chi connectivity index (χ3n) is 24.0. The second kappa shape index (κ2) is 46.6. The van der Waals surface area contributed by atoms with Crippen molar-refractivity contribution in [3.63, 3.8) is 0 Å². The van der Waals surface area contributed by atoms with Gasteiger partial charge in [0.1, 0.15) is 226 Å². The van der Waals surface area contributed by atoms with E-state index in [1.807, 2.05) is 0 Å². The number of nitrogens with one attached hydrogen (secondary N) is 4. The van der Waals surface area contributed by atoms with Gasteiger partial charge < -0.3 is 254 Å². The van der Waals surface area contributed by atoms with Crippen molar-refractivity contribution in [3.8, 4) is 0 Å². The molecule has 56 heteroatoms. The molecule has 51 atom stereocenters. The largest absolute Gasteiger partial charge is 0.410 e. The lowest BCUT2D eigenvalue weighted by Gasteiger charge is -2.51. The maximum Gasteiger partial charge on any atom is 0.332 e. The number of carbonyl (C=O) groups excluding carboxylic acids is 5. The number of amides is 4. The van der Waals surface area contributed by atoms with Crippen LogP contribution in [0.1, 0.15) is 48.0 Å². The standard InChI is InChI=1S/C73H122N4O52/c1-19-25(91)7-73(112-18-86,129-57(19)40(93)26(92)8-78)111-17-35-44(97)51(104)55(108)69(121-35)124-60-32(14-84)118-66(38(48(60)101)76-23(5)89)127-63-52(105)42(95)28(10-80)115-71(63)110-16-34-45(98)62(56(109)70(120-34)125-61-33(15-85)117-65(37(47(61)100)75-22(4)88)122-58-30(12-82)113-20(2)36(46(58)99)74-21(3)87)126-72-64(53(106)43(96)29(11-81)116-72)128-67-39(77-24(6)90)49(102)59(31(13-83)119-67)123-68-54(107)50(103)41(94)27(9-79)114-68/h18-20,25-72,78-85,91-109H,7-17H2,1-6H3,(H,74,87)(H,75,88)(H,76,89)(H,77,90)/t19-,20+,25+,26+,27?,28?,29?,30?,31?,32-,33?,34?,35?,36?,37?,38?,39?,40-,41+,42+,43+,44+,45+,46-,47-,48?,49-,50+,51+,52+,53?,54?,55?,56?,57?,58+,59+,60-,61+,62+,63?,64?,65+,66-,67+,68+,69+,70+,71-,72+,73+/m1/s1. The average Bonchev–Trinajstić information content (AvgIpc) is 0.804. The highest BCUT2D eigenvalue weighted by molar-refractivity contribution is 5.74. The van der Waals surface area contributed by atoms with Crippen LogP contribution < -0.4 is 21.3 Å². The molecule has 0 spiro atoms. The number of aliphatic hydroxyl groups excluding tert-OH is 27. The summed E-state index contributed by atoms with van der Waals surface area (Å²) in [6, 6.07) is -7.13. The van der Waals surface area contributed by atoms with Crippen LogP contribution in [0.3, 0.4) is 0 Å². The lowest BCUT2D eigenvalue weighted by molar-refractivity contribution is -0.424. The van der Waals surface area contributed by atoms with Crippen LogP contribution in [-0.4, -0.2) is 540 Å². The first kappa shape index (κ1) is 107. The Morgan fingerprint density at radius 2 is 0.667 bits per heavy atom. The summed E-state index contributed by atoms with van der Waals surface area (Å²) < 4.78 is 119. The summed E-state index contributed by atoms with van der Waals surface area (Å²) in [5.74, 6) is -7.25. The van der Waals surface area contributed by atoms with E-state index in [-0.39, 0.29) is 6.47 Å². The van der Waals surface area contributed by atoms with Gasteiger partial charge in [-0.2, -0.15) is 0 Å². The Labute approximate surface area is 732 Å². The van der Waals surface area contributed by atoms with Crippen molar-refractivity contribution in [1.82, 2.24) is 21.3 Å². The molecule has 4 amide bonds. The van der Waals surface area contributed by atoms with E-state index in [1.165, 1.54) is 13.8 Å². The normalized spacial score (nSPS) is 48.1. The van der Waals surface area contributed by atoms with E-state index < -0.39 is 408 Å². The Morgan fingerprint density at radius 1 is 0.349 bits per heavy atom. The van der Waals surface area contributed by atoms with E-state index >= 15 is 0 Å². The van der Waals surface area contributed by atoms with Gasteiger partial charge in [0.05, 0.1) is 96.8 Å². The molecule has 0 aromatic carbocycles. The van der Waals surface area contributed by atoms with E-state index in [4.69, 9.17) is 94.7 Å². The minimum atomic E-state index is -2.66. The Hall–Kier alpha value is -4.49. The van der Waals surface area contributed by atoms with Crippen LogP contribution in [0.5, 0.6) is 0 Å². The highest BCUT2D eigenvalue weighted by atomic mass is 16.9. The molecule has 10 aliphatic heterocycles. The molecule has 0 aliphatic carbocycles. The highest BCUT2D eigenvalue weighted by Crippen LogP contribution is 2.43. The zero-order chi connectivity index (χ0) is 95.1. The third kappa shape index (κ3) is 23.9. The SMILES string of the molecule is CC(=O)NC1C(O)[C@H](O[C@@H]2OC(CO[C@]3(OC=O)C[C@H](O)[C@@H](C)C([C@H](O)[C@@H](O)CO)O3)[C@H](O)[C@H](O)C2O)[C@@H](CO)O[C@@H]1OC1[C@H](OCC2O[C@@H](O[C@H]3C(CO)O[C@@H](O[C@H]4C(CO)O[C@@H](C)C(NC(C)=O)[C@H]4O)C(NC(C)=O)[C@H]3O)C(O)[C@@H](O[C@@H]3OC(CO)[C@H](O)C(O)C3O[C@@H]3OC(CO)[C@H](O[C@@H]4OC(CO)[C@H](O)[C@H](O)C4O)[C@H](O)C3NC(C)=O)[C@H]2O)OC(CO)[C@H](O)[C@@H]1O. The van der Waals surface area contributed by atoms with Gasteiger partial charge in [-0.15, -0.1) is 0 Å². The second-order valence-electron chi connectivity index (χ2n) is 33.0. The van der Waals surface area contributed by atoms with Crippen molar-refractivity contribution >= 4 is 30.1 Å². The molecule has 10 fully saturated rings. The van der Waals surface area contributed by atoms with Crippen molar-refractivity contribution in [2.24, 2.45) is 5.92 Å². The molecular formula is C73H122N4O52. The number of hydrogen-bond donors (Lipinski definition) is 31. The molecule has 20 unspecified atom stereocenters. The molecule has 31 N–H and O–H groups in total. The van der Waals surface area contributed by atoms with Gasteiger partial charge in [-0.1, -0.05) is 6.92 Å². The zero-order valence-electron chi connectivity index (χ0n) is 70.0. The van der Waals surface area contributed by atoms with E-state index in [2.05, 4.69) is 21.3 Å². The van der Waals surface area contributed by atoms with Crippen LogP contribution >= 0.6 is 0 Å². The Kier molecular flexibility index (Phi) is 38.5. The molecule has 746 valence electrons. The topological polar surface area (TPSA) is 864 Å². The van der Waals surface area contributed by atoms with Crippen molar-refractivity contribution in [1.29, 1.82) is 0 Å². The average molecular weight is 1890 g/mol. The molecule has 0 radical (unpaired) electrons. The monoisotopic (exact) mass is 1890 g/mol. The first-order valence-corrected chi connectivity index (χ1v) is 41.4. The molecule has 10 aliphatic rings. The molecule has 56 nitrogen and oxygen atoms in total.